The van der Waals surface area contributed by atoms with Crippen LogP contribution < -0.4 is 0 Å². The SMILES string of the molecule is O=C(O)C(O)=CC(=O)c1cc[nH]c1Cc1ccncc1. The number of allylic oxidation sites excluding steroid dienone is 1. The van der Waals surface area contributed by atoms with Gasteiger partial charge in [-0.25, -0.2) is 4.79 Å². The molecule has 20 heavy (non-hydrogen) atoms. The van der Waals surface area contributed by atoms with E-state index in [1.807, 2.05) is 12.1 Å². The number of nitrogens with zero attached hydrogens (tertiary/aromatic N) is 1. The van der Waals surface area contributed by atoms with Gasteiger partial charge in [0.2, 0.25) is 5.76 Å². The fourth-order valence-corrected chi connectivity index (χ4v) is 1.75. The third kappa shape index (κ3) is 3.11. The van der Waals surface area contributed by atoms with E-state index >= 15 is 0 Å². The molecule has 2 aromatic heterocycles. The van der Waals surface area contributed by atoms with Crippen LogP contribution in [-0.2, 0) is 11.2 Å². The smallest absolute Gasteiger partial charge is 0.371 e. The van der Waals surface area contributed by atoms with Crippen LogP contribution in [-0.4, -0.2) is 31.9 Å². The van der Waals surface area contributed by atoms with E-state index in [0.717, 1.165) is 5.56 Å². The number of aromatic nitrogens is 2. The molecule has 0 saturated carbocycles. The van der Waals surface area contributed by atoms with E-state index in [-0.39, 0.29) is 0 Å². The molecule has 0 aromatic carbocycles. The Morgan fingerprint density at radius 2 is 1.90 bits per heavy atom. The van der Waals surface area contributed by atoms with Crippen molar-refractivity contribution in [1.82, 2.24) is 9.97 Å². The summed E-state index contributed by atoms with van der Waals surface area (Å²) >= 11 is 0. The van der Waals surface area contributed by atoms with Gasteiger partial charge in [-0.3, -0.25) is 9.78 Å². The molecule has 2 heterocycles. The number of hydrogen-bond donors (Lipinski definition) is 3. The number of aliphatic carboxylic acids is 1. The lowest BCUT2D eigenvalue weighted by molar-refractivity contribution is -0.135. The molecular formula is C14H12N2O4. The van der Waals surface area contributed by atoms with Crippen LogP contribution in [0.25, 0.3) is 0 Å². The van der Waals surface area contributed by atoms with E-state index in [2.05, 4.69) is 9.97 Å². The van der Waals surface area contributed by atoms with Crippen LogP contribution >= 0.6 is 0 Å². The van der Waals surface area contributed by atoms with Crippen molar-refractivity contribution in [2.24, 2.45) is 0 Å². The van der Waals surface area contributed by atoms with Gasteiger partial charge in [-0.2, -0.15) is 0 Å². The maximum absolute atomic E-state index is 11.9. The molecular weight excluding hydrogens is 260 g/mol. The highest BCUT2D eigenvalue weighted by Gasteiger charge is 2.14. The molecule has 0 fully saturated rings. The first-order valence-corrected chi connectivity index (χ1v) is 5.81. The quantitative estimate of drug-likeness (QED) is 0.436. The summed E-state index contributed by atoms with van der Waals surface area (Å²) in [7, 11) is 0. The number of aromatic amines is 1. The van der Waals surface area contributed by atoms with E-state index in [0.29, 0.717) is 23.8 Å². The number of ketones is 1. The van der Waals surface area contributed by atoms with E-state index in [4.69, 9.17) is 10.2 Å². The normalized spacial score (nSPS) is 11.3. The summed E-state index contributed by atoms with van der Waals surface area (Å²) in [5, 5.41) is 17.6. The molecule has 0 atom stereocenters. The Hall–Kier alpha value is -2.89. The second-order valence-corrected chi connectivity index (χ2v) is 4.10. The van der Waals surface area contributed by atoms with Crippen LogP contribution in [0.1, 0.15) is 21.6 Å². The Morgan fingerprint density at radius 1 is 1.20 bits per heavy atom. The number of nitrogens with one attached hydrogen (secondary N) is 1. The molecule has 2 rings (SSSR count). The maximum Gasteiger partial charge on any atom is 0.371 e. The highest BCUT2D eigenvalue weighted by atomic mass is 16.4. The van der Waals surface area contributed by atoms with Crippen molar-refractivity contribution >= 4 is 11.8 Å². The summed E-state index contributed by atoms with van der Waals surface area (Å²) in [6, 6.07) is 5.18. The Labute approximate surface area is 114 Å². The van der Waals surface area contributed by atoms with Gasteiger partial charge < -0.3 is 15.2 Å². The second kappa shape index (κ2) is 5.83. The summed E-state index contributed by atoms with van der Waals surface area (Å²) in [5.41, 5.74) is 1.94. The number of carboxylic acid groups (broad SMARTS) is 1. The zero-order valence-corrected chi connectivity index (χ0v) is 10.4. The summed E-state index contributed by atoms with van der Waals surface area (Å²) in [4.78, 5) is 29.2. The maximum atomic E-state index is 11.9. The molecule has 3 N–H and O–H groups in total. The Bertz CT molecular complexity index is 659. The lowest BCUT2D eigenvalue weighted by Crippen LogP contribution is -2.05. The van der Waals surface area contributed by atoms with Crippen LogP contribution in [0.4, 0.5) is 0 Å². The Balaban J connectivity index is 2.23. The van der Waals surface area contributed by atoms with E-state index in [1.165, 1.54) is 0 Å². The topological polar surface area (TPSA) is 103 Å². The molecule has 0 unspecified atom stereocenters. The molecule has 0 aliphatic heterocycles. The van der Waals surface area contributed by atoms with E-state index < -0.39 is 17.5 Å². The van der Waals surface area contributed by atoms with Crippen LogP contribution in [0.5, 0.6) is 0 Å². The molecule has 0 bridgehead atoms. The van der Waals surface area contributed by atoms with Gasteiger partial charge in [-0.15, -0.1) is 0 Å². The van der Waals surface area contributed by atoms with Crippen molar-refractivity contribution in [1.29, 1.82) is 0 Å². The van der Waals surface area contributed by atoms with Gasteiger partial charge in [-0.1, -0.05) is 0 Å². The van der Waals surface area contributed by atoms with Crippen LogP contribution in [0, 0.1) is 0 Å². The van der Waals surface area contributed by atoms with Crippen molar-refractivity contribution in [2.75, 3.05) is 0 Å². The number of aliphatic hydroxyl groups excluding tert-OH is 1. The fourth-order valence-electron chi connectivity index (χ4n) is 1.75. The lowest BCUT2D eigenvalue weighted by Gasteiger charge is -2.02. The Kier molecular flexibility index (Phi) is 3.95. The highest BCUT2D eigenvalue weighted by molar-refractivity contribution is 6.08. The minimum Gasteiger partial charge on any atom is -0.502 e. The van der Waals surface area contributed by atoms with Crippen molar-refractivity contribution in [3.05, 3.63) is 65.4 Å². The Morgan fingerprint density at radius 3 is 2.55 bits per heavy atom. The molecule has 0 spiro atoms. The number of H-pyrrole nitrogens is 1. The molecule has 6 nitrogen and oxygen atoms in total. The van der Waals surface area contributed by atoms with Gasteiger partial charge in [0, 0.05) is 42.3 Å². The fraction of sp³-hybridized carbons (Fsp3) is 0.0714. The van der Waals surface area contributed by atoms with Gasteiger partial charge in [0.15, 0.2) is 5.78 Å². The minimum absolute atomic E-state index is 0.328. The van der Waals surface area contributed by atoms with Crippen molar-refractivity contribution in [2.45, 2.75) is 6.42 Å². The van der Waals surface area contributed by atoms with Gasteiger partial charge in [0.05, 0.1) is 0 Å². The number of rotatable bonds is 5. The van der Waals surface area contributed by atoms with E-state index in [1.54, 1.807) is 24.7 Å². The van der Waals surface area contributed by atoms with Crippen LogP contribution in [0.15, 0.2) is 48.6 Å². The first-order chi connectivity index (χ1) is 9.58. The average molecular weight is 272 g/mol. The standard InChI is InChI=1S/C14H12N2O4/c17-12(8-13(18)14(19)20)10-3-6-16-11(10)7-9-1-4-15-5-2-9/h1-6,8,16,18H,7H2,(H,19,20). The number of hydrogen-bond acceptors (Lipinski definition) is 4. The van der Waals surface area contributed by atoms with Crippen molar-refractivity contribution < 1.29 is 19.8 Å². The third-order valence-corrected chi connectivity index (χ3v) is 2.72. The zero-order valence-electron chi connectivity index (χ0n) is 10.4. The van der Waals surface area contributed by atoms with Crippen LogP contribution in [0.3, 0.4) is 0 Å². The number of carbonyl (C=O) groups excluding carboxylic acids is 1. The lowest BCUT2D eigenvalue weighted by atomic mass is 10.1. The predicted molar refractivity (Wildman–Crippen MR) is 70.5 cm³/mol. The molecule has 0 saturated heterocycles. The zero-order chi connectivity index (χ0) is 14.5. The summed E-state index contributed by atoms with van der Waals surface area (Å²) in [6.07, 6.45) is 6.07. The first kappa shape index (κ1) is 13.5. The highest BCUT2D eigenvalue weighted by Crippen LogP contribution is 2.14. The molecule has 0 radical (unpaired) electrons. The minimum atomic E-state index is -1.54. The predicted octanol–water partition coefficient (Wildman–Crippen LogP) is 1.71. The van der Waals surface area contributed by atoms with Crippen molar-refractivity contribution in [3.8, 4) is 0 Å². The first-order valence-electron chi connectivity index (χ1n) is 5.81. The number of carbonyl (C=O) groups is 2. The number of carboxylic acids is 1. The monoisotopic (exact) mass is 272 g/mol. The van der Waals surface area contributed by atoms with Crippen LogP contribution in [0.2, 0.25) is 0 Å². The molecule has 102 valence electrons. The molecule has 6 heteroatoms. The molecule has 2 aromatic rings. The summed E-state index contributed by atoms with van der Waals surface area (Å²) in [6.45, 7) is 0. The third-order valence-electron chi connectivity index (χ3n) is 2.72. The summed E-state index contributed by atoms with van der Waals surface area (Å²) < 4.78 is 0. The number of aliphatic hydroxyl groups is 1. The molecule has 0 amide bonds. The van der Waals surface area contributed by atoms with E-state index in [9.17, 15) is 9.59 Å². The van der Waals surface area contributed by atoms with Crippen molar-refractivity contribution in [3.63, 3.8) is 0 Å². The number of pyridine rings is 1. The molecule has 0 aliphatic carbocycles. The van der Waals surface area contributed by atoms with Gasteiger partial charge in [-0.05, 0) is 23.8 Å². The van der Waals surface area contributed by atoms with Gasteiger partial charge in [0.25, 0.3) is 0 Å². The average Bonchev–Trinajstić information content (AvgIpc) is 2.88. The second-order valence-electron chi connectivity index (χ2n) is 4.10. The largest absolute Gasteiger partial charge is 0.502 e. The summed E-state index contributed by atoms with van der Waals surface area (Å²) in [5.74, 6) is -3.08. The molecule has 0 aliphatic rings. The van der Waals surface area contributed by atoms with Gasteiger partial charge >= 0.3 is 5.97 Å². The van der Waals surface area contributed by atoms with Gasteiger partial charge in [0.1, 0.15) is 0 Å².